The average molecular weight is 287 g/mol. The zero-order valence-electron chi connectivity index (χ0n) is 10.0. The van der Waals surface area contributed by atoms with Crippen molar-refractivity contribution < 1.29 is 4.74 Å². The van der Waals surface area contributed by atoms with Gasteiger partial charge >= 0.3 is 0 Å². The van der Waals surface area contributed by atoms with Crippen molar-refractivity contribution in [2.45, 2.75) is 19.5 Å². The second-order valence-electron chi connectivity index (χ2n) is 3.80. The summed E-state index contributed by atoms with van der Waals surface area (Å²) in [6.45, 7) is 3.95. The fraction of sp³-hybridized carbons (Fsp3) is 0.500. The summed E-state index contributed by atoms with van der Waals surface area (Å²) in [7, 11) is 3.64. The minimum Gasteiger partial charge on any atom is -0.497 e. The molecule has 0 aromatic heterocycles. The third kappa shape index (κ3) is 4.12. The number of nitrogens with one attached hydrogen (secondary N) is 2. The highest BCUT2D eigenvalue weighted by Gasteiger charge is 2.04. The van der Waals surface area contributed by atoms with Crippen LogP contribution >= 0.6 is 15.9 Å². The summed E-state index contributed by atoms with van der Waals surface area (Å²) in [4.78, 5) is 0. The normalized spacial score (nSPS) is 12.5. The molecular formula is C12H19BrN2O. The van der Waals surface area contributed by atoms with E-state index in [4.69, 9.17) is 4.74 Å². The first kappa shape index (κ1) is 13.5. The number of hydrogen-bond acceptors (Lipinski definition) is 3. The molecule has 1 aromatic rings. The molecule has 0 saturated carbocycles. The first-order valence-corrected chi connectivity index (χ1v) is 6.17. The second-order valence-corrected chi connectivity index (χ2v) is 4.65. The van der Waals surface area contributed by atoms with Gasteiger partial charge in [0, 0.05) is 23.6 Å². The largest absolute Gasteiger partial charge is 0.497 e. The van der Waals surface area contributed by atoms with Crippen molar-refractivity contribution >= 4 is 15.9 Å². The summed E-state index contributed by atoms with van der Waals surface area (Å²) >= 11 is 3.54. The van der Waals surface area contributed by atoms with E-state index in [1.165, 1.54) is 5.56 Å². The predicted octanol–water partition coefficient (Wildman–Crippen LogP) is 2.16. The molecule has 4 heteroatoms. The van der Waals surface area contributed by atoms with Crippen LogP contribution in [0, 0.1) is 0 Å². The van der Waals surface area contributed by atoms with Crippen molar-refractivity contribution in [2.75, 3.05) is 20.7 Å². The Hall–Kier alpha value is -0.580. The number of hydrogen-bond donors (Lipinski definition) is 2. The van der Waals surface area contributed by atoms with Crippen LogP contribution in [0.5, 0.6) is 5.75 Å². The molecule has 1 atom stereocenters. The van der Waals surface area contributed by atoms with E-state index in [1.54, 1.807) is 7.11 Å². The molecule has 2 N–H and O–H groups in total. The van der Waals surface area contributed by atoms with Crippen LogP contribution in [0.2, 0.25) is 0 Å². The summed E-state index contributed by atoms with van der Waals surface area (Å²) in [6, 6.07) is 6.45. The van der Waals surface area contributed by atoms with Gasteiger partial charge in [0.05, 0.1) is 7.11 Å². The number of ether oxygens (including phenoxy) is 1. The Kier molecular flexibility index (Phi) is 5.80. The maximum atomic E-state index is 5.20. The van der Waals surface area contributed by atoms with Crippen molar-refractivity contribution in [3.05, 3.63) is 28.2 Å². The molecule has 0 bridgehead atoms. The van der Waals surface area contributed by atoms with E-state index in [1.807, 2.05) is 25.2 Å². The Bertz CT molecular complexity index is 331. The van der Waals surface area contributed by atoms with Gasteiger partial charge in [0.15, 0.2) is 0 Å². The smallest absolute Gasteiger partial charge is 0.119 e. The van der Waals surface area contributed by atoms with Gasteiger partial charge in [-0.05, 0) is 37.7 Å². The van der Waals surface area contributed by atoms with E-state index in [9.17, 15) is 0 Å². The third-order valence-electron chi connectivity index (χ3n) is 2.40. The van der Waals surface area contributed by atoms with Crippen LogP contribution in [0.15, 0.2) is 22.7 Å². The molecule has 16 heavy (non-hydrogen) atoms. The van der Waals surface area contributed by atoms with Gasteiger partial charge in [-0.15, -0.1) is 0 Å². The molecule has 0 aliphatic rings. The van der Waals surface area contributed by atoms with Crippen molar-refractivity contribution in [3.63, 3.8) is 0 Å². The standard InChI is InChI=1S/C12H19BrN2O/c1-9(7-14-2)15-8-10-6-11(16-3)4-5-12(10)13/h4-6,9,14-15H,7-8H2,1-3H3. The Morgan fingerprint density at radius 2 is 2.19 bits per heavy atom. The molecule has 0 aliphatic carbocycles. The highest BCUT2D eigenvalue weighted by atomic mass is 79.9. The first-order chi connectivity index (χ1) is 7.67. The number of halogens is 1. The van der Waals surface area contributed by atoms with E-state index in [0.717, 1.165) is 23.3 Å². The quantitative estimate of drug-likeness (QED) is 0.841. The van der Waals surface area contributed by atoms with Crippen molar-refractivity contribution in [3.8, 4) is 5.75 Å². The summed E-state index contributed by atoms with van der Waals surface area (Å²) in [6.07, 6.45) is 0. The van der Waals surface area contributed by atoms with E-state index < -0.39 is 0 Å². The maximum absolute atomic E-state index is 5.20. The molecule has 0 amide bonds. The van der Waals surface area contributed by atoms with E-state index in [-0.39, 0.29) is 0 Å². The number of likely N-dealkylation sites (N-methyl/N-ethyl adjacent to an activating group) is 1. The van der Waals surface area contributed by atoms with Crippen molar-refractivity contribution in [2.24, 2.45) is 0 Å². The molecular weight excluding hydrogens is 268 g/mol. The van der Waals surface area contributed by atoms with Gasteiger partial charge in [0.25, 0.3) is 0 Å². The third-order valence-corrected chi connectivity index (χ3v) is 3.18. The minimum atomic E-state index is 0.447. The Labute approximate surface area is 106 Å². The molecule has 0 saturated heterocycles. The van der Waals surface area contributed by atoms with Gasteiger partial charge < -0.3 is 15.4 Å². The fourth-order valence-electron chi connectivity index (χ4n) is 1.48. The molecule has 0 spiro atoms. The monoisotopic (exact) mass is 286 g/mol. The maximum Gasteiger partial charge on any atom is 0.119 e. The van der Waals surface area contributed by atoms with Gasteiger partial charge in [-0.1, -0.05) is 15.9 Å². The second kappa shape index (κ2) is 6.89. The Balaban J connectivity index is 2.58. The van der Waals surface area contributed by atoms with Crippen LogP contribution in [0.1, 0.15) is 12.5 Å². The van der Waals surface area contributed by atoms with Gasteiger partial charge in [0.1, 0.15) is 5.75 Å². The molecule has 0 heterocycles. The molecule has 0 aliphatic heterocycles. The van der Waals surface area contributed by atoms with Crippen LogP contribution < -0.4 is 15.4 Å². The molecule has 1 unspecified atom stereocenters. The fourth-order valence-corrected chi connectivity index (χ4v) is 1.86. The highest BCUT2D eigenvalue weighted by molar-refractivity contribution is 9.10. The zero-order valence-corrected chi connectivity index (χ0v) is 11.6. The van der Waals surface area contributed by atoms with Crippen LogP contribution in [-0.2, 0) is 6.54 Å². The van der Waals surface area contributed by atoms with Crippen LogP contribution in [0.25, 0.3) is 0 Å². The Morgan fingerprint density at radius 1 is 1.44 bits per heavy atom. The zero-order chi connectivity index (χ0) is 12.0. The number of rotatable bonds is 6. The molecule has 1 rings (SSSR count). The lowest BCUT2D eigenvalue weighted by molar-refractivity contribution is 0.413. The molecule has 90 valence electrons. The number of methoxy groups -OCH3 is 1. The van der Waals surface area contributed by atoms with Crippen LogP contribution in [0.4, 0.5) is 0 Å². The molecule has 0 radical (unpaired) electrons. The van der Waals surface area contributed by atoms with E-state index in [2.05, 4.69) is 33.5 Å². The topological polar surface area (TPSA) is 33.3 Å². The van der Waals surface area contributed by atoms with Gasteiger partial charge in [0.2, 0.25) is 0 Å². The van der Waals surface area contributed by atoms with Gasteiger partial charge in [-0.25, -0.2) is 0 Å². The summed E-state index contributed by atoms with van der Waals surface area (Å²) in [5.41, 5.74) is 1.21. The van der Waals surface area contributed by atoms with Crippen LogP contribution in [0.3, 0.4) is 0 Å². The van der Waals surface area contributed by atoms with Crippen molar-refractivity contribution in [1.82, 2.24) is 10.6 Å². The van der Waals surface area contributed by atoms with Crippen molar-refractivity contribution in [1.29, 1.82) is 0 Å². The van der Waals surface area contributed by atoms with Crippen LogP contribution in [-0.4, -0.2) is 26.7 Å². The summed E-state index contributed by atoms with van der Waals surface area (Å²) in [5, 5.41) is 6.59. The van der Waals surface area contributed by atoms with E-state index in [0.29, 0.717) is 6.04 Å². The molecule has 3 nitrogen and oxygen atoms in total. The lowest BCUT2D eigenvalue weighted by Gasteiger charge is -2.14. The number of benzene rings is 1. The van der Waals surface area contributed by atoms with Gasteiger partial charge in [-0.2, -0.15) is 0 Å². The minimum absolute atomic E-state index is 0.447. The lowest BCUT2D eigenvalue weighted by atomic mass is 10.2. The summed E-state index contributed by atoms with van der Waals surface area (Å²) in [5.74, 6) is 0.890. The molecule has 0 fully saturated rings. The summed E-state index contributed by atoms with van der Waals surface area (Å²) < 4.78 is 6.31. The van der Waals surface area contributed by atoms with E-state index >= 15 is 0 Å². The molecule has 1 aromatic carbocycles. The average Bonchev–Trinajstić information content (AvgIpc) is 2.28. The van der Waals surface area contributed by atoms with Gasteiger partial charge in [-0.3, -0.25) is 0 Å². The lowest BCUT2D eigenvalue weighted by Crippen LogP contribution is -2.34. The predicted molar refractivity (Wildman–Crippen MR) is 70.9 cm³/mol. The Morgan fingerprint density at radius 3 is 2.81 bits per heavy atom. The SMILES string of the molecule is CNCC(C)NCc1cc(OC)ccc1Br. The highest BCUT2D eigenvalue weighted by Crippen LogP contribution is 2.22. The first-order valence-electron chi connectivity index (χ1n) is 5.37.